The van der Waals surface area contributed by atoms with Gasteiger partial charge in [0.05, 0.1) is 6.42 Å². The fourth-order valence-electron chi connectivity index (χ4n) is 4.95. The van der Waals surface area contributed by atoms with Gasteiger partial charge in [-0.3, -0.25) is 9.59 Å². The average molecular weight is 503 g/mol. The van der Waals surface area contributed by atoms with Gasteiger partial charge in [-0.1, -0.05) is 97.6 Å². The number of hydrogen-bond acceptors (Lipinski definition) is 2. The van der Waals surface area contributed by atoms with Crippen LogP contribution in [0, 0.1) is 6.92 Å². The first-order chi connectivity index (χ1) is 17.5. The molecule has 0 saturated heterocycles. The van der Waals surface area contributed by atoms with Gasteiger partial charge in [0.2, 0.25) is 11.8 Å². The summed E-state index contributed by atoms with van der Waals surface area (Å²) >= 11 is 6.06. The lowest BCUT2D eigenvalue weighted by atomic mass is 9.94. The molecule has 188 valence electrons. The Hall–Kier alpha value is -3.11. The molecule has 1 aliphatic carbocycles. The molecule has 0 spiro atoms. The van der Waals surface area contributed by atoms with E-state index < -0.39 is 6.04 Å². The molecule has 1 fully saturated rings. The van der Waals surface area contributed by atoms with Gasteiger partial charge >= 0.3 is 0 Å². The highest BCUT2D eigenvalue weighted by Crippen LogP contribution is 2.21. The van der Waals surface area contributed by atoms with Crippen molar-refractivity contribution in [3.05, 3.63) is 106 Å². The van der Waals surface area contributed by atoms with Crippen molar-refractivity contribution in [1.82, 2.24) is 10.2 Å². The molecule has 0 heterocycles. The Morgan fingerprint density at radius 3 is 2.25 bits per heavy atom. The number of rotatable bonds is 9. The number of nitrogens with one attached hydrogen (secondary N) is 1. The maximum atomic E-state index is 13.9. The maximum Gasteiger partial charge on any atom is 0.243 e. The zero-order chi connectivity index (χ0) is 25.3. The van der Waals surface area contributed by atoms with Crippen molar-refractivity contribution in [3.8, 4) is 0 Å². The monoisotopic (exact) mass is 502 g/mol. The zero-order valence-electron chi connectivity index (χ0n) is 21.0. The summed E-state index contributed by atoms with van der Waals surface area (Å²) < 4.78 is 0. The second-order valence-corrected chi connectivity index (χ2v) is 10.2. The van der Waals surface area contributed by atoms with Gasteiger partial charge in [0.15, 0.2) is 0 Å². The molecule has 4 nitrogen and oxygen atoms in total. The van der Waals surface area contributed by atoms with Crippen molar-refractivity contribution >= 4 is 23.4 Å². The van der Waals surface area contributed by atoms with Crippen LogP contribution in [0.4, 0.5) is 0 Å². The number of benzene rings is 3. The maximum absolute atomic E-state index is 13.9. The molecule has 1 atom stereocenters. The number of aryl methyl sites for hydroxylation is 1. The Morgan fingerprint density at radius 2 is 1.56 bits per heavy atom. The van der Waals surface area contributed by atoms with Gasteiger partial charge in [0.1, 0.15) is 6.04 Å². The van der Waals surface area contributed by atoms with E-state index in [1.165, 1.54) is 6.42 Å². The molecule has 3 aromatic carbocycles. The summed E-state index contributed by atoms with van der Waals surface area (Å²) in [5.74, 6) is -0.135. The molecule has 0 radical (unpaired) electrons. The van der Waals surface area contributed by atoms with Crippen LogP contribution in [0.15, 0.2) is 78.9 Å². The van der Waals surface area contributed by atoms with E-state index in [2.05, 4.69) is 5.32 Å². The highest BCUT2D eigenvalue weighted by atomic mass is 35.5. The Kier molecular flexibility index (Phi) is 9.18. The number of amides is 2. The molecule has 36 heavy (non-hydrogen) atoms. The van der Waals surface area contributed by atoms with Crippen molar-refractivity contribution in [2.45, 2.75) is 70.5 Å². The van der Waals surface area contributed by atoms with Gasteiger partial charge < -0.3 is 10.2 Å². The Morgan fingerprint density at radius 1 is 0.889 bits per heavy atom. The SMILES string of the molecule is Cc1ccccc1CN(C(=O)Cc1ccc(Cl)cc1)C(Cc1ccccc1)C(=O)NC1CCCCC1. The van der Waals surface area contributed by atoms with Gasteiger partial charge in [-0.05, 0) is 54.2 Å². The van der Waals surface area contributed by atoms with Crippen LogP contribution in [-0.2, 0) is 29.0 Å². The van der Waals surface area contributed by atoms with Crippen molar-refractivity contribution in [1.29, 1.82) is 0 Å². The van der Waals surface area contributed by atoms with E-state index in [0.29, 0.717) is 18.0 Å². The number of nitrogens with zero attached hydrogens (tertiary/aromatic N) is 1. The van der Waals surface area contributed by atoms with Crippen LogP contribution in [0.1, 0.15) is 54.4 Å². The molecule has 0 aromatic heterocycles. The van der Waals surface area contributed by atoms with E-state index in [9.17, 15) is 9.59 Å². The average Bonchev–Trinajstić information content (AvgIpc) is 2.89. The molecule has 1 N–H and O–H groups in total. The Bertz CT molecular complexity index is 1140. The summed E-state index contributed by atoms with van der Waals surface area (Å²) in [5.41, 5.74) is 4.07. The first kappa shape index (κ1) is 26.0. The van der Waals surface area contributed by atoms with Gasteiger partial charge in [-0.25, -0.2) is 0 Å². The van der Waals surface area contributed by atoms with E-state index in [1.807, 2.05) is 73.7 Å². The van der Waals surface area contributed by atoms with Crippen molar-refractivity contribution in [2.24, 2.45) is 0 Å². The summed E-state index contributed by atoms with van der Waals surface area (Å²) in [5, 5.41) is 3.93. The van der Waals surface area contributed by atoms with Crippen LogP contribution in [0.5, 0.6) is 0 Å². The first-order valence-electron chi connectivity index (χ1n) is 12.9. The fraction of sp³-hybridized carbons (Fsp3) is 0.355. The largest absolute Gasteiger partial charge is 0.352 e. The summed E-state index contributed by atoms with van der Waals surface area (Å²) in [6, 6.07) is 25.0. The lowest BCUT2D eigenvalue weighted by Crippen LogP contribution is -2.53. The molecular formula is C31H35ClN2O2. The molecule has 3 aromatic rings. The normalized spacial score (nSPS) is 14.7. The molecule has 1 saturated carbocycles. The predicted octanol–water partition coefficient (Wildman–Crippen LogP) is 6.28. The van der Waals surface area contributed by atoms with Crippen molar-refractivity contribution in [3.63, 3.8) is 0 Å². The van der Waals surface area contributed by atoms with E-state index in [-0.39, 0.29) is 24.3 Å². The van der Waals surface area contributed by atoms with Crippen LogP contribution in [0.2, 0.25) is 5.02 Å². The first-order valence-corrected chi connectivity index (χ1v) is 13.3. The summed E-state index contributed by atoms with van der Waals surface area (Å²) in [4.78, 5) is 29.4. The van der Waals surface area contributed by atoms with Gasteiger partial charge in [-0.2, -0.15) is 0 Å². The quantitative estimate of drug-likeness (QED) is 0.374. The second-order valence-electron chi connectivity index (χ2n) is 9.80. The van der Waals surface area contributed by atoms with E-state index in [1.54, 1.807) is 17.0 Å². The predicted molar refractivity (Wildman–Crippen MR) is 146 cm³/mol. The van der Waals surface area contributed by atoms with Gasteiger partial charge in [0.25, 0.3) is 0 Å². The molecule has 5 heteroatoms. The lowest BCUT2D eigenvalue weighted by molar-refractivity contribution is -0.141. The third-order valence-corrected chi connectivity index (χ3v) is 7.35. The number of hydrogen-bond donors (Lipinski definition) is 1. The third-order valence-electron chi connectivity index (χ3n) is 7.09. The topological polar surface area (TPSA) is 49.4 Å². The molecule has 0 aliphatic heterocycles. The van der Waals surface area contributed by atoms with Crippen LogP contribution >= 0.6 is 11.6 Å². The highest BCUT2D eigenvalue weighted by molar-refractivity contribution is 6.30. The molecule has 1 aliphatic rings. The molecule has 4 rings (SSSR count). The minimum absolute atomic E-state index is 0.0659. The van der Waals surface area contributed by atoms with Crippen LogP contribution in [-0.4, -0.2) is 28.8 Å². The van der Waals surface area contributed by atoms with Crippen molar-refractivity contribution < 1.29 is 9.59 Å². The molecule has 1 unspecified atom stereocenters. The minimum atomic E-state index is -0.603. The summed E-state index contributed by atoms with van der Waals surface area (Å²) in [6.45, 7) is 2.43. The fourth-order valence-corrected chi connectivity index (χ4v) is 5.07. The molecule has 2 amide bonds. The molecule has 0 bridgehead atoms. The van der Waals surface area contributed by atoms with Crippen LogP contribution < -0.4 is 5.32 Å². The van der Waals surface area contributed by atoms with Crippen molar-refractivity contribution in [2.75, 3.05) is 0 Å². The van der Waals surface area contributed by atoms with Crippen LogP contribution in [0.25, 0.3) is 0 Å². The van der Waals surface area contributed by atoms with E-state index in [0.717, 1.165) is 47.9 Å². The second kappa shape index (κ2) is 12.7. The van der Waals surface area contributed by atoms with Crippen LogP contribution in [0.3, 0.4) is 0 Å². The van der Waals surface area contributed by atoms with E-state index >= 15 is 0 Å². The summed E-state index contributed by atoms with van der Waals surface area (Å²) in [6.07, 6.45) is 6.18. The van der Waals surface area contributed by atoms with E-state index in [4.69, 9.17) is 11.6 Å². The molecular weight excluding hydrogens is 468 g/mol. The highest BCUT2D eigenvalue weighted by Gasteiger charge is 2.32. The number of halogens is 1. The van der Waals surface area contributed by atoms with Gasteiger partial charge in [-0.15, -0.1) is 0 Å². The standard InChI is InChI=1S/C31H35ClN2O2/c1-23-10-8-9-13-26(23)22-34(30(35)21-25-16-18-27(32)19-17-25)29(20-24-11-4-2-5-12-24)31(36)33-28-14-6-3-7-15-28/h2,4-5,8-13,16-19,28-29H,3,6-7,14-15,20-22H2,1H3,(H,33,36). The Balaban J connectivity index is 1.65. The minimum Gasteiger partial charge on any atom is -0.352 e. The zero-order valence-corrected chi connectivity index (χ0v) is 21.7. The Labute approximate surface area is 219 Å². The lowest BCUT2D eigenvalue weighted by Gasteiger charge is -2.34. The smallest absolute Gasteiger partial charge is 0.243 e. The van der Waals surface area contributed by atoms with Gasteiger partial charge in [0, 0.05) is 24.0 Å². The summed E-state index contributed by atoms with van der Waals surface area (Å²) in [7, 11) is 0. The number of carbonyl (C=O) groups is 2. The third kappa shape index (κ3) is 7.20. The number of carbonyl (C=O) groups excluding carboxylic acids is 2.